The number of hydrogen-bond donors (Lipinski definition) is 1. The molecule has 9 nitrogen and oxygen atoms in total. The van der Waals surface area contributed by atoms with Crippen LogP contribution in [-0.4, -0.2) is 94.2 Å². The number of hydrogen-bond acceptors (Lipinski definition) is 7. The fraction of sp³-hybridized carbons (Fsp3) is 0.371. The molecular weight excluding hydrogens is 647 g/mol. The molecule has 3 aliphatic rings. The van der Waals surface area contributed by atoms with E-state index in [1.807, 2.05) is 0 Å². The predicted molar refractivity (Wildman–Crippen MR) is 172 cm³/mol. The summed E-state index contributed by atoms with van der Waals surface area (Å²) in [5, 5.41) is 11.1. The van der Waals surface area contributed by atoms with Crippen LogP contribution in [0.15, 0.2) is 54.9 Å². The zero-order valence-corrected chi connectivity index (χ0v) is 26.2. The molecule has 14 heteroatoms. The third-order valence-electron chi connectivity index (χ3n) is 9.77. The van der Waals surface area contributed by atoms with Crippen molar-refractivity contribution in [3.63, 3.8) is 0 Å². The molecule has 2 atom stereocenters. The van der Waals surface area contributed by atoms with Crippen LogP contribution in [0.3, 0.4) is 0 Å². The molecule has 0 aliphatic carbocycles. The van der Waals surface area contributed by atoms with Gasteiger partial charge in [-0.25, -0.2) is 28.5 Å². The molecular formula is C35H31F5N6O3. The summed E-state index contributed by atoms with van der Waals surface area (Å²) < 4.78 is 80.8. The van der Waals surface area contributed by atoms with Gasteiger partial charge in [0.1, 0.15) is 35.6 Å². The fourth-order valence-electron chi connectivity index (χ4n) is 7.62. The van der Waals surface area contributed by atoms with Crippen molar-refractivity contribution in [2.24, 2.45) is 0 Å². The van der Waals surface area contributed by atoms with Crippen LogP contribution in [0.1, 0.15) is 19.3 Å². The third-order valence-corrected chi connectivity index (χ3v) is 9.77. The molecule has 3 saturated heterocycles. The minimum absolute atomic E-state index is 0.00588. The van der Waals surface area contributed by atoms with Crippen molar-refractivity contribution in [2.75, 3.05) is 50.8 Å². The summed E-state index contributed by atoms with van der Waals surface area (Å²) in [7, 11) is 0. The molecule has 49 heavy (non-hydrogen) atoms. The van der Waals surface area contributed by atoms with E-state index in [1.54, 1.807) is 21.9 Å². The second-order valence-corrected chi connectivity index (χ2v) is 12.9. The Morgan fingerprint density at radius 1 is 1.12 bits per heavy atom. The number of aromatic nitrogens is 2. The average Bonchev–Trinajstić information content (AvgIpc) is 3.55. The van der Waals surface area contributed by atoms with E-state index >= 15 is 8.78 Å². The van der Waals surface area contributed by atoms with Crippen LogP contribution < -0.4 is 9.64 Å². The number of alkyl halides is 2. The Bertz CT molecular complexity index is 2050. The molecule has 0 bridgehead atoms. The molecule has 3 aromatic carbocycles. The highest BCUT2D eigenvalue weighted by Gasteiger charge is 2.57. The number of carbonyl (C=O) groups is 1. The number of ether oxygens (including phenoxy) is 1. The summed E-state index contributed by atoms with van der Waals surface area (Å²) in [6.45, 7) is 10.5. The lowest BCUT2D eigenvalue weighted by Crippen LogP contribution is -2.56. The first-order chi connectivity index (χ1) is 23.4. The van der Waals surface area contributed by atoms with Crippen molar-refractivity contribution in [3.8, 4) is 22.9 Å². The minimum Gasteiger partial charge on any atom is -0.508 e. The van der Waals surface area contributed by atoms with Crippen molar-refractivity contribution in [2.45, 2.75) is 36.8 Å². The van der Waals surface area contributed by atoms with E-state index in [9.17, 15) is 23.1 Å². The minimum atomic E-state index is -2.89. The number of piperazine rings is 1. The number of fused-ring (bicyclic) bond motifs is 3. The molecule has 4 aromatic rings. The zero-order valence-electron chi connectivity index (χ0n) is 26.2. The Hall–Kier alpha value is -5.03. The van der Waals surface area contributed by atoms with Crippen molar-refractivity contribution in [1.82, 2.24) is 19.8 Å². The second-order valence-electron chi connectivity index (χ2n) is 12.9. The summed E-state index contributed by atoms with van der Waals surface area (Å²) in [5.41, 5.74) is -1.13. The van der Waals surface area contributed by atoms with Gasteiger partial charge in [-0.05, 0) is 54.6 Å². The number of nitrogens with zero attached hydrogens (tertiary/aromatic N) is 6. The van der Waals surface area contributed by atoms with Crippen molar-refractivity contribution >= 4 is 33.4 Å². The lowest BCUT2D eigenvalue weighted by atomic mass is 9.94. The van der Waals surface area contributed by atoms with Crippen molar-refractivity contribution in [1.29, 1.82) is 0 Å². The van der Waals surface area contributed by atoms with E-state index in [2.05, 4.69) is 21.4 Å². The molecule has 0 unspecified atom stereocenters. The van der Waals surface area contributed by atoms with E-state index in [4.69, 9.17) is 11.3 Å². The molecule has 1 aromatic heterocycles. The van der Waals surface area contributed by atoms with E-state index < -0.39 is 47.3 Å². The lowest BCUT2D eigenvalue weighted by molar-refractivity contribution is -0.131. The molecule has 254 valence electrons. The molecule has 0 spiro atoms. The molecule has 0 radical (unpaired) electrons. The number of carbonyl (C=O) groups excluding carboxylic acids is 1. The lowest BCUT2D eigenvalue weighted by Gasteiger charge is -2.39. The van der Waals surface area contributed by atoms with Gasteiger partial charge >= 0.3 is 6.01 Å². The Balaban J connectivity index is 1.34. The van der Waals surface area contributed by atoms with E-state index in [0.29, 0.717) is 24.8 Å². The number of aromatic hydroxyl groups is 1. The summed E-state index contributed by atoms with van der Waals surface area (Å²) in [6, 6.07) is 8.86. The highest BCUT2D eigenvalue weighted by molar-refractivity contribution is 6.01. The Kier molecular flexibility index (Phi) is 8.05. The van der Waals surface area contributed by atoms with Crippen LogP contribution in [-0.2, 0) is 4.79 Å². The maximum Gasteiger partial charge on any atom is 0.319 e. The number of anilines is 1. The number of phenolic OH excluding ortho intramolecular Hbond substituents is 1. The molecule has 3 fully saturated rings. The zero-order chi connectivity index (χ0) is 34.7. The monoisotopic (exact) mass is 678 g/mol. The largest absolute Gasteiger partial charge is 0.508 e. The fourth-order valence-corrected chi connectivity index (χ4v) is 7.62. The Morgan fingerprint density at radius 3 is 2.71 bits per heavy atom. The van der Waals surface area contributed by atoms with Gasteiger partial charge in [0.05, 0.1) is 12.1 Å². The number of benzene rings is 3. The molecule has 3 aliphatic heterocycles. The summed E-state index contributed by atoms with van der Waals surface area (Å²) >= 11 is 0. The Morgan fingerprint density at radius 2 is 1.94 bits per heavy atom. The number of rotatable bonds is 7. The van der Waals surface area contributed by atoms with Gasteiger partial charge < -0.3 is 24.5 Å². The maximum absolute atomic E-state index is 16.8. The normalized spacial score (nSPS) is 22.0. The van der Waals surface area contributed by atoms with Crippen LogP contribution in [0.4, 0.5) is 27.8 Å². The predicted octanol–water partition coefficient (Wildman–Crippen LogP) is 6.11. The highest BCUT2D eigenvalue weighted by Crippen LogP contribution is 2.46. The Labute approximate surface area is 278 Å². The summed E-state index contributed by atoms with van der Waals surface area (Å²) in [6.07, 6.45) is 0.793. The van der Waals surface area contributed by atoms with Crippen LogP contribution in [0.2, 0.25) is 0 Å². The quantitative estimate of drug-likeness (QED) is 0.144. The van der Waals surface area contributed by atoms with Gasteiger partial charge in [-0.2, -0.15) is 9.97 Å². The maximum atomic E-state index is 16.8. The molecule has 0 saturated carbocycles. The van der Waals surface area contributed by atoms with Gasteiger partial charge in [0.2, 0.25) is 6.54 Å². The SMILES string of the molecule is [C-]#[N+]C[C@H]1CN(c2nc(OC[C@@]34CCCN3CC(F)(F)C4)nc3c(F)c(-c4cc(O)cc5cccc(F)c45)ccc23)CCN1C(=O)C(=C)F. The average molecular weight is 679 g/mol. The van der Waals surface area contributed by atoms with Crippen LogP contribution in [0.5, 0.6) is 11.8 Å². The molecule has 1 amide bonds. The summed E-state index contributed by atoms with van der Waals surface area (Å²) in [4.78, 5) is 29.6. The highest BCUT2D eigenvalue weighted by atomic mass is 19.3. The molecule has 4 heterocycles. The molecule has 1 N–H and O–H groups in total. The van der Waals surface area contributed by atoms with Gasteiger partial charge in [-0.15, -0.1) is 0 Å². The van der Waals surface area contributed by atoms with Crippen LogP contribution in [0.25, 0.3) is 37.6 Å². The first kappa shape index (κ1) is 32.5. The van der Waals surface area contributed by atoms with Crippen LogP contribution in [0, 0.1) is 18.2 Å². The van der Waals surface area contributed by atoms with Crippen molar-refractivity contribution in [3.05, 3.63) is 77.9 Å². The van der Waals surface area contributed by atoms with Crippen molar-refractivity contribution < 1.29 is 36.6 Å². The standard InChI is InChI=1S/C35H31F5N6O3/c1-20(36)32(48)46-12-11-44(16-22(46)15-41-2)31-25-8-7-24(26-14-23(47)13-21-5-3-6-27(37)28(21)26)29(38)30(25)42-33(43-31)49-19-34-9-4-10-45(34)18-35(39,40)17-34/h3,5-8,13-14,22,47H,1,4,9-12,15-19H2/t22-,34-/m0/s1. The van der Waals surface area contributed by atoms with Gasteiger partial charge in [-0.1, -0.05) is 24.8 Å². The molecule has 7 rings (SSSR count). The van der Waals surface area contributed by atoms with Gasteiger partial charge in [0.15, 0.2) is 11.6 Å². The first-order valence-electron chi connectivity index (χ1n) is 15.8. The summed E-state index contributed by atoms with van der Waals surface area (Å²) in [5.74, 6) is -6.48. The van der Waals surface area contributed by atoms with Crippen LogP contribution >= 0.6 is 0 Å². The second kappa shape index (κ2) is 12.1. The van der Waals surface area contributed by atoms with Gasteiger partial charge in [-0.3, -0.25) is 9.69 Å². The first-order valence-corrected chi connectivity index (χ1v) is 15.8. The van der Waals surface area contributed by atoms with E-state index in [-0.39, 0.29) is 84.3 Å². The van der Waals surface area contributed by atoms with E-state index in [1.165, 1.54) is 35.2 Å². The van der Waals surface area contributed by atoms with Gasteiger partial charge in [0, 0.05) is 42.4 Å². The van der Waals surface area contributed by atoms with Gasteiger partial charge in [0.25, 0.3) is 11.8 Å². The third kappa shape index (κ3) is 5.75. The topological polar surface area (TPSA) is 86.4 Å². The number of amides is 1. The number of phenols is 1. The van der Waals surface area contributed by atoms with E-state index in [0.717, 1.165) is 0 Å². The number of halogens is 5. The smallest absolute Gasteiger partial charge is 0.319 e.